The molecule has 0 saturated carbocycles. The van der Waals surface area contributed by atoms with Crippen LogP contribution in [0.2, 0.25) is 0 Å². The monoisotopic (exact) mass is 198 g/mol. The number of esters is 2. The molecule has 0 amide bonds. The van der Waals surface area contributed by atoms with E-state index in [9.17, 15) is 14.4 Å². The van der Waals surface area contributed by atoms with Gasteiger partial charge in [0.25, 0.3) is 0 Å². The molecular formula is C9H10O5. The van der Waals surface area contributed by atoms with Crippen LogP contribution in [0.4, 0.5) is 0 Å². The summed E-state index contributed by atoms with van der Waals surface area (Å²) in [7, 11) is 0. The Morgan fingerprint density at radius 1 is 0.929 bits per heavy atom. The number of Topliss-reactive ketones (excluding diaryl/α,β-unsaturated/α-hetero) is 1. The van der Waals surface area contributed by atoms with Crippen molar-refractivity contribution in [2.45, 2.75) is 0 Å². The second kappa shape index (κ2) is 6.59. The molecule has 0 aliphatic carbocycles. The topological polar surface area (TPSA) is 69.7 Å². The average Bonchev–Trinajstić information content (AvgIpc) is 2.21. The summed E-state index contributed by atoms with van der Waals surface area (Å²) in [5.74, 6) is -3.84. The Morgan fingerprint density at radius 3 is 1.57 bits per heavy atom. The number of rotatable bonds is 6. The zero-order valence-corrected chi connectivity index (χ0v) is 7.52. The SMILES string of the molecule is C=CCOC(=O)C(=O)C(=O)OCC=C. The number of hydrogen-bond acceptors (Lipinski definition) is 5. The smallest absolute Gasteiger partial charge is 0.387 e. The lowest BCUT2D eigenvalue weighted by molar-refractivity contribution is -0.163. The summed E-state index contributed by atoms with van der Waals surface area (Å²) in [6.07, 6.45) is 2.56. The molecule has 0 radical (unpaired) electrons. The molecule has 0 aliphatic heterocycles. The largest absolute Gasteiger partial charge is 0.455 e. The van der Waals surface area contributed by atoms with Crippen molar-refractivity contribution in [2.24, 2.45) is 0 Å². The zero-order valence-electron chi connectivity index (χ0n) is 7.52. The summed E-state index contributed by atoms with van der Waals surface area (Å²) in [5.41, 5.74) is 0. The second-order valence-electron chi connectivity index (χ2n) is 2.10. The van der Waals surface area contributed by atoms with Crippen LogP contribution in [0.3, 0.4) is 0 Å². The Bertz CT molecular complexity index is 240. The Kier molecular flexibility index (Phi) is 5.69. The fourth-order valence-corrected chi connectivity index (χ4v) is 0.484. The first-order chi connectivity index (χ1) is 6.63. The van der Waals surface area contributed by atoms with Gasteiger partial charge in [-0.2, -0.15) is 0 Å². The van der Waals surface area contributed by atoms with Crippen molar-refractivity contribution < 1.29 is 23.9 Å². The maximum atomic E-state index is 10.8. The van der Waals surface area contributed by atoms with Crippen molar-refractivity contribution in [1.29, 1.82) is 0 Å². The van der Waals surface area contributed by atoms with Gasteiger partial charge in [0.05, 0.1) is 0 Å². The lowest BCUT2D eigenvalue weighted by Crippen LogP contribution is -2.28. The van der Waals surface area contributed by atoms with Gasteiger partial charge in [-0.1, -0.05) is 25.3 Å². The summed E-state index contributed by atoms with van der Waals surface area (Å²) < 4.78 is 8.64. The van der Waals surface area contributed by atoms with Gasteiger partial charge < -0.3 is 9.47 Å². The highest BCUT2D eigenvalue weighted by molar-refractivity contribution is 6.60. The summed E-state index contributed by atoms with van der Waals surface area (Å²) in [5, 5.41) is 0. The van der Waals surface area contributed by atoms with Crippen molar-refractivity contribution in [3.05, 3.63) is 25.3 Å². The number of ether oxygens (including phenoxy) is 2. The van der Waals surface area contributed by atoms with Gasteiger partial charge in [0, 0.05) is 0 Å². The van der Waals surface area contributed by atoms with Crippen LogP contribution in [0, 0.1) is 0 Å². The first-order valence-corrected chi connectivity index (χ1v) is 3.73. The predicted molar refractivity (Wildman–Crippen MR) is 47.3 cm³/mol. The third-order valence-corrected chi connectivity index (χ3v) is 1.04. The first kappa shape index (κ1) is 12.1. The summed E-state index contributed by atoms with van der Waals surface area (Å²) in [6.45, 7) is 6.29. The van der Waals surface area contributed by atoms with Crippen LogP contribution in [0.1, 0.15) is 0 Å². The molecule has 0 aliphatic rings. The summed E-state index contributed by atoms with van der Waals surface area (Å²) >= 11 is 0. The fraction of sp³-hybridized carbons (Fsp3) is 0.222. The summed E-state index contributed by atoms with van der Waals surface area (Å²) in [4.78, 5) is 32.4. The van der Waals surface area contributed by atoms with Crippen LogP contribution < -0.4 is 0 Å². The fourth-order valence-electron chi connectivity index (χ4n) is 0.484. The minimum absolute atomic E-state index is 0.126. The van der Waals surface area contributed by atoms with Crippen LogP contribution >= 0.6 is 0 Å². The minimum atomic E-state index is -1.34. The van der Waals surface area contributed by atoms with Gasteiger partial charge >= 0.3 is 17.7 Å². The molecule has 0 rings (SSSR count). The Morgan fingerprint density at radius 2 is 1.29 bits per heavy atom. The molecule has 0 bridgehead atoms. The van der Waals surface area contributed by atoms with E-state index in [-0.39, 0.29) is 13.2 Å². The molecule has 5 heteroatoms. The maximum absolute atomic E-state index is 10.8. The molecule has 0 heterocycles. The molecular weight excluding hydrogens is 188 g/mol. The van der Waals surface area contributed by atoms with Gasteiger partial charge in [-0.3, -0.25) is 4.79 Å². The van der Waals surface area contributed by atoms with Gasteiger partial charge in [0.15, 0.2) is 0 Å². The van der Waals surface area contributed by atoms with Crippen molar-refractivity contribution in [3.63, 3.8) is 0 Å². The molecule has 0 unspecified atom stereocenters. The number of carbonyl (C=O) groups is 3. The standard InChI is InChI=1S/C9H10O5/c1-3-5-13-8(11)7(10)9(12)14-6-4-2/h3-4H,1-2,5-6H2. The van der Waals surface area contributed by atoms with Crippen LogP contribution in [0.25, 0.3) is 0 Å². The number of ketones is 1. The third-order valence-electron chi connectivity index (χ3n) is 1.04. The lowest BCUT2D eigenvalue weighted by atomic mass is 10.4. The summed E-state index contributed by atoms with van der Waals surface area (Å²) in [6, 6.07) is 0. The van der Waals surface area contributed by atoms with Crippen molar-refractivity contribution in [3.8, 4) is 0 Å². The maximum Gasteiger partial charge on any atom is 0.387 e. The van der Waals surface area contributed by atoms with E-state index in [0.29, 0.717) is 0 Å². The van der Waals surface area contributed by atoms with Crippen molar-refractivity contribution in [1.82, 2.24) is 0 Å². The van der Waals surface area contributed by atoms with Crippen LogP contribution in [-0.2, 0) is 23.9 Å². The second-order valence-corrected chi connectivity index (χ2v) is 2.10. The molecule has 0 atom stereocenters. The van der Waals surface area contributed by atoms with Gasteiger partial charge in [0.1, 0.15) is 13.2 Å². The third kappa shape index (κ3) is 4.20. The Balaban J connectivity index is 4.03. The normalized spacial score (nSPS) is 8.57. The van der Waals surface area contributed by atoms with E-state index in [0.717, 1.165) is 0 Å². The van der Waals surface area contributed by atoms with Crippen molar-refractivity contribution in [2.75, 3.05) is 13.2 Å². The van der Waals surface area contributed by atoms with E-state index < -0.39 is 17.7 Å². The average molecular weight is 198 g/mol. The van der Waals surface area contributed by atoms with E-state index in [1.165, 1.54) is 12.2 Å². The molecule has 0 N–H and O–H groups in total. The molecule has 0 fully saturated rings. The molecule has 14 heavy (non-hydrogen) atoms. The predicted octanol–water partition coefficient (Wildman–Crippen LogP) is 0.0139. The molecule has 76 valence electrons. The van der Waals surface area contributed by atoms with Gasteiger partial charge in [-0.15, -0.1) is 0 Å². The first-order valence-electron chi connectivity index (χ1n) is 3.73. The van der Waals surface area contributed by atoms with Crippen LogP contribution in [0.15, 0.2) is 25.3 Å². The highest BCUT2D eigenvalue weighted by Crippen LogP contribution is 1.87. The van der Waals surface area contributed by atoms with Crippen molar-refractivity contribution >= 4 is 17.7 Å². The molecule has 0 spiro atoms. The molecule has 5 nitrogen and oxygen atoms in total. The van der Waals surface area contributed by atoms with E-state index >= 15 is 0 Å². The highest BCUT2D eigenvalue weighted by atomic mass is 16.6. The molecule has 0 aromatic carbocycles. The van der Waals surface area contributed by atoms with Crippen LogP contribution in [-0.4, -0.2) is 30.9 Å². The van der Waals surface area contributed by atoms with E-state index in [1.54, 1.807) is 0 Å². The zero-order chi connectivity index (χ0) is 11.0. The lowest BCUT2D eigenvalue weighted by Gasteiger charge is -2.00. The van der Waals surface area contributed by atoms with Gasteiger partial charge in [0.2, 0.25) is 0 Å². The van der Waals surface area contributed by atoms with E-state index in [4.69, 9.17) is 0 Å². The Labute approximate surface area is 81.0 Å². The van der Waals surface area contributed by atoms with E-state index in [1.807, 2.05) is 0 Å². The van der Waals surface area contributed by atoms with Gasteiger partial charge in [-0.05, 0) is 0 Å². The number of hydrogen-bond donors (Lipinski definition) is 0. The molecule has 0 aromatic heterocycles. The quantitative estimate of drug-likeness (QED) is 0.260. The van der Waals surface area contributed by atoms with Gasteiger partial charge in [-0.25, -0.2) is 9.59 Å². The minimum Gasteiger partial charge on any atom is -0.455 e. The van der Waals surface area contributed by atoms with E-state index in [2.05, 4.69) is 22.6 Å². The molecule has 0 aromatic rings. The molecule has 0 saturated heterocycles. The Hall–Kier alpha value is -1.91. The number of carbonyl (C=O) groups excluding carboxylic acids is 3. The van der Waals surface area contributed by atoms with Crippen LogP contribution in [0.5, 0.6) is 0 Å². The highest BCUT2D eigenvalue weighted by Gasteiger charge is 2.25.